The predicted octanol–water partition coefficient (Wildman–Crippen LogP) is 5.87. The van der Waals surface area contributed by atoms with Gasteiger partial charge in [0.15, 0.2) is 5.78 Å². The molecule has 0 spiro atoms. The first-order chi connectivity index (χ1) is 13.0. The van der Waals surface area contributed by atoms with Gasteiger partial charge < -0.3 is 4.74 Å². The number of ketones is 1. The lowest BCUT2D eigenvalue weighted by Crippen LogP contribution is -2.08. The molecule has 134 valence electrons. The van der Waals surface area contributed by atoms with Crippen LogP contribution in [0.2, 0.25) is 0 Å². The quantitative estimate of drug-likeness (QED) is 0.224. The third kappa shape index (κ3) is 5.25. The third-order valence-corrected chi connectivity index (χ3v) is 4.46. The second kappa shape index (κ2) is 8.60. The second-order valence-corrected chi connectivity index (χ2v) is 6.94. The topological polar surface area (TPSA) is 43.4 Å². The van der Waals surface area contributed by atoms with Crippen LogP contribution in [0.5, 0.6) is 5.75 Å². The van der Waals surface area contributed by atoms with Crippen LogP contribution in [0.1, 0.15) is 31.8 Å². The van der Waals surface area contributed by atoms with Gasteiger partial charge in [0.25, 0.3) is 0 Å². The van der Waals surface area contributed by atoms with E-state index in [0.717, 1.165) is 15.6 Å². The number of halogens is 1. The molecule has 0 aliphatic carbocycles. The summed E-state index contributed by atoms with van der Waals surface area (Å²) in [7, 11) is 0. The lowest BCUT2D eigenvalue weighted by Gasteiger charge is -2.05. The van der Waals surface area contributed by atoms with Gasteiger partial charge in [-0.2, -0.15) is 0 Å². The standard InChI is InChI=1S/C23H17BrO3/c1-16-2-7-19(8-3-16)23(26)27-21-13-4-17(5-14-21)6-15-22(25)18-9-11-20(24)12-10-18/h2-15H,1H3/b15-6+. The van der Waals surface area contributed by atoms with Crippen LogP contribution in [0, 0.1) is 6.92 Å². The monoisotopic (exact) mass is 420 g/mol. The van der Waals surface area contributed by atoms with Crippen LogP contribution in [0.15, 0.2) is 83.3 Å². The number of carbonyl (C=O) groups excluding carboxylic acids is 2. The molecule has 0 aliphatic rings. The summed E-state index contributed by atoms with van der Waals surface area (Å²) in [6.07, 6.45) is 3.26. The third-order valence-electron chi connectivity index (χ3n) is 3.93. The van der Waals surface area contributed by atoms with Crippen molar-refractivity contribution < 1.29 is 14.3 Å². The van der Waals surface area contributed by atoms with Crippen molar-refractivity contribution in [3.05, 3.63) is 106 Å². The lowest BCUT2D eigenvalue weighted by atomic mass is 10.1. The number of aryl methyl sites for hydroxylation is 1. The van der Waals surface area contributed by atoms with E-state index in [1.807, 2.05) is 31.2 Å². The number of ether oxygens (including phenoxy) is 1. The first-order valence-electron chi connectivity index (χ1n) is 8.38. The van der Waals surface area contributed by atoms with Gasteiger partial charge in [-0.1, -0.05) is 51.8 Å². The van der Waals surface area contributed by atoms with Crippen molar-refractivity contribution in [3.63, 3.8) is 0 Å². The number of rotatable bonds is 5. The molecule has 0 saturated carbocycles. The molecule has 0 radical (unpaired) electrons. The number of hydrogen-bond donors (Lipinski definition) is 0. The highest BCUT2D eigenvalue weighted by Gasteiger charge is 2.08. The van der Waals surface area contributed by atoms with Crippen LogP contribution in [0.4, 0.5) is 0 Å². The summed E-state index contributed by atoms with van der Waals surface area (Å²) >= 11 is 3.35. The Morgan fingerprint density at radius 2 is 1.41 bits per heavy atom. The van der Waals surface area contributed by atoms with Crippen LogP contribution in [-0.4, -0.2) is 11.8 Å². The van der Waals surface area contributed by atoms with Gasteiger partial charge in [0.1, 0.15) is 5.75 Å². The maximum Gasteiger partial charge on any atom is 0.343 e. The van der Waals surface area contributed by atoms with E-state index in [0.29, 0.717) is 16.9 Å². The summed E-state index contributed by atoms with van der Waals surface area (Å²) in [5, 5.41) is 0. The molecule has 0 aromatic heterocycles. The summed E-state index contributed by atoms with van der Waals surface area (Å²) in [4.78, 5) is 24.3. The number of esters is 1. The molecule has 0 unspecified atom stereocenters. The summed E-state index contributed by atoms with van der Waals surface area (Å²) in [6.45, 7) is 1.96. The fourth-order valence-electron chi connectivity index (χ4n) is 2.38. The summed E-state index contributed by atoms with van der Waals surface area (Å²) in [6, 6.07) is 21.4. The SMILES string of the molecule is Cc1ccc(C(=O)Oc2ccc(/C=C/C(=O)c3ccc(Br)cc3)cc2)cc1. The normalized spacial score (nSPS) is 10.7. The highest BCUT2D eigenvalue weighted by molar-refractivity contribution is 9.10. The molecule has 3 aromatic rings. The molecule has 0 amide bonds. The van der Waals surface area contributed by atoms with E-state index < -0.39 is 5.97 Å². The molecular weight excluding hydrogens is 404 g/mol. The Morgan fingerprint density at radius 1 is 0.815 bits per heavy atom. The second-order valence-electron chi connectivity index (χ2n) is 6.03. The molecule has 3 rings (SSSR count). The zero-order valence-electron chi connectivity index (χ0n) is 14.7. The van der Waals surface area contributed by atoms with Crippen LogP contribution in [0.3, 0.4) is 0 Å². The molecule has 27 heavy (non-hydrogen) atoms. The Hall–Kier alpha value is -2.98. The average Bonchev–Trinajstić information content (AvgIpc) is 2.68. The van der Waals surface area contributed by atoms with E-state index >= 15 is 0 Å². The van der Waals surface area contributed by atoms with Crippen molar-refractivity contribution in [2.75, 3.05) is 0 Å². The Labute approximate surface area is 166 Å². The number of carbonyl (C=O) groups is 2. The van der Waals surface area contributed by atoms with Crippen LogP contribution in [0.25, 0.3) is 6.08 Å². The van der Waals surface area contributed by atoms with Gasteiger partial charge in [-0.25, -0.2) is 4.79 Å². The lowest BCUT2D eigenvalue weighted by molar-refractivity contribution is 0.0734. The molecule has 3 nitrogen and oxygen atoms in total. The molecule has 3 aromatic carbocycles. The minimum Gasteiger partial charge on any atom is -0.423 e. The predicted molar refractivity (Wildman–Crippen MR) is 110 cm³/mol. The van der Waals surface area contributed by atoms with Gasteiger partial charge >= 0.3 is 5.97 Å². The van der Waals surface area contributed by atoms with Crippen LogP contribution in [-0.2, 0) is 0 Å². The molecule has 0 saturated heterocycles. The zero-order valence-corrected chi connectivity index (χ0v) is 16.3. The largest absolute Gasteiger partial charge is 0.423 e. The summed E-state index contributed by atoms with van der Waals surface area (Å²) in [5.74, 6) is -0.0157. The first kappa shape index (κ1) is 18.8. The molecule has 0 atom stereocenters. The van der Waals surface area contributed by atoms with E-state index in [2.05, 4.69) is 15.9 Å². The number of allylic oxidation sites excluding steroid dienone is 1. The number of benzene rings is 3. The Balaban J connectivity index is 1.62. The molecule has 0 aliphatic heterocycles. The first-order valence-corrected chi connectivity index (χ1v) is 9.17. The zero-order chi connectivity index (χ0) is 19.2. The van der Waals surface area contributed by atoms with E-state index in [1.165, 1.54) is 6.08 Å². The maximum atomic E-state index is 12.2. The average molecular weight is 421 g/mol. The molecule has 4 heteroatoms. The number of hydrogen-bond acceptors (Lipinski definition) is 3. The van der Waals surface area contributed by atoms with Crippen LogP contribution < -0.4 is 4.74 Å². The molecule has 0 N–H and O–H groups in total. The van der Waals surface area contributed by atoms with E-state index in [9.17, 15) is 9.59 Å². The fraction of sp³-hybridized carbons (Fsp3) is 0.0435. The van der Waals surface area contributed by atoms with Crippen molar-refractivity contribution >= 4 is 33.8 Å². The highest BCUT2D eigenvalue weighted by Crippen LogP contribution is 2.16. The fourth-order valence-corrected chi connectivity index (χ4v) is 2.65. The van der Waals surface area contributed by atoms with Crippen molar-refractivity contribution in [1.82, 2.24) is 0 Å². The smallest absolute Gasteiger partial charge is 0.343 e. The van der Waals surface area contributed by atoms with E-state index in [4.69, 9.17) is 4.74 Å². The van der Waals surface area contributed by atoms with E-state index in [-0.39, 0.29) is 5.78 Å². The van der Waals surface area contributed by atoms with Gasteiger partial charge in [-0.05, 0) is 67.1 Å². The Morgan fingerprint density at radius 3 is 2.04 bits per heavy atom. The summed E-state index contributed by atoms with van der Waals surface area (Å²) in [5.41, 5.74) is 3.05. The van der Waals surface area contributed by atoms with Crippen molar-refractivity contribution in [1.29, 1.82) is 0 Å². The van der Waals surface area contributed by atoms with Gasteiger partial charge in [0.05, 0.1) is 5.56 Å². The molecule has 0 fully saturated rings. The molecule has 0 bridgehead atoms. The Kier molecular flexibility index (Phi) is 5.99. The highest BCUT2D eigenvalue weighted by atomic mass is 79.9. The molecular formula is C23H17BrO3. The van der Waals surface area contributed by atoms with Gasteiger partial charge in [0, 0.05) is 10.0 Å². The van der Waals surface area contributed by atoms with E-state index in [1.54, 1.807) is 54.6 Å². The van der Waals surface area contributed by atoms with Gasteiger partial charge in [-0.15, -0.1) is 0 Å². The molecule has 0 heterocycles. The van der Waals surface area contributed by atoms with Crippen molar-refractivity contribution in [3.8, 4) is 5.75 Å². The van der Waals surface area contributed by atoms with Gasteiger partial charge in [0.2, 0.25) is 0 Å². The summed E-state index contributed by atoms with van der Waals surface area (Å²) < 4.78 is 6.30. The Bertz CT molecular complexity index is 970. The van der Waals surface area contributed by atoms with Crippen molar-refractivity contribution in [2.24, 2.45) is 0 Å². The minimum absolute atomic E-state index is 0.0719. The maximum absolute atomic E-state index is 12.2. The van der Waals surface area contributed by atoms with Gasteiger partial charge in [-0.3, -0.25) is 4.79 Å². The van der Waals surface area contributed by atoms with Crippen molar-refractivity contribution in [2.45, 2.75) is 6.92 Å². The minimum atomic E-state index is -0.399. The van der Waals surface area contributed by atoms with Crippen LogP contribution >= 0.6 is 15.9 Å².